The largest absolute Gasteiger partial charge is 0.384 e. The van der Waals surface area contributed by atoms with Crippen LogP contribution in [-0.2, 0) is 4.74 Å². The maximum absolute atomic E-state index is 7.74. The Balaban J connectivity index is 2.43. The van der Waals surface area contributed by atoms with Crippen molar-refractivity contribution in [1.29, 1.82) is 5.41 Å². The fraction of sp³-hybridized carbons (Fsp3) is 0.462. The predicted octanol–water partition coefficient (Wildman–Crippen LogP) is 2.35. The Kier molecular flexibility index (Phi) is 3.92. The lowest BCUT2D eigenvalue weighted by molar-refractivity contribution is 0.0343. The second-order valence-electron chi connectivity index (χ2n) is 4.69. The number of ether oxygens (including phenoxy) is 1. The van der Waals surface area contributed by atoms with E-state index in [9.17, 15) is 0 Å². The van der Waals surface area contributed by atoms with E-state index < -0.39 is 0 Å². The lowest BCUT2D eigenvalue weighted by Crippen LogP contribution is -2.48. The van der Waals surface area contributed by atoms with Gasteiger partial charge in [0.2, 0.25) is 0 Å². The quantitative estimate of drug-likeness (QED) is 0.651. The monoisotopic (exact) mass is 311 g/mol. The number of halogens is 1. The summed E-state index contributed by atoms with van der Waals surface area (Å²) in [4.78, 5) is 2.26. The highest BCUT2D eigenvalue weighted by Crippen LogP contribution is 2.30. The van der Waals surface area contributed by atoms with Gasteiger partial charge >= 0.3 is 0 Å². The number of nitrogens with two attached hydrogens (primary N) is 1. The minimum Gasteiger partial charge on any atom is -0.384 e. The average molecular weight is 312 g/mol. The summed E-state index contributed by atoms with van der Waals surface area (Å²) in [5.74, 6) is 0.0869. The highest BCUT2D eigenvalue weighted by Gasteiger charge is 2.26. The van der Waals surface area contributed by atoms with Crippen LogP contribution in [0.3, 0.4) is 0 Å². The van der Waals surface area contributed by atoms with Crippen molar-refractivity contribution in [2.24, 2.45) is 5.73 Å². The predicted molar refractivity (Wildman–Crippen MR) is 77.4 cm³/mol. The zero-order valence-electron chi connectivity index (χ0n) is 10.6. The molecule has 1 aliphatic heterocycles. The van der Waals surface area contributed by atoms with E-state index in [-0.39, 0.29) is 18.0 Å². The van der Waals surface area contributed by atoms with Crippen molar-refractivity contribution in [1.82, 2.24) is 0 Å². The van der Waals surface area contributed by atoms with Crippen LogP contribution in [0, 0.1) is 5.41 Å². The van der Waals surface area contributed by atoms with Crippen LogP contribution in [0.1, 0.15) is 19.4 Å². The molecule has 1 saturated heterocycles. The van der Waals surface area contributed by atoms with Gasteiger partial charge in [0.25, 0.3) is 0 Å². The fourth-order valence-corrected chi connectivity index (χ4v) is 2.83. The Morgan fingerprint density at radius 2 is 2.22 bits per heavy atom. The van der Waals surface area contributed by atoms with E-state index in [1.165, 1.54) is 0 Å². The molecule has 5 heteroatoms. The van der Waals surface area contributed by atoms with Crippen LogP contribution in [0.15, 0.2) is 22.7 Å². The summed E-state index contributed by atoms with van der Waals surface area (Å²) in [5.41, 5.74) is 7.46. The van der Waals surface area contributed by atoms with Crippen molar-refractivity contribution < 1.29 is 4.74 Å². The van der Waals surface area contributed by atoms with Gasteiger partial charge in [-0.2, -0.15) is 0 Å². The Bertz CT molecular complexity index is 464. The minimum absolute atomic E-state index is 0.0869. The first-order chi connectivity index (χ1) is 8.50. The van der Waals surface area contributed by atoms with Crippen molar-refractivity contribution in [2.45, 2.75) is 26.0 Å². The molecule has 18 heavy (non-hydrogen) atoms. The third-order valence-corrected chi connectivity index (χ3v) is 3.84. The van der Waals surface area contributed by atoms with Gasteiger partial charge in [0, 0.05) is 22.7 Å². The van der Waals surface area contributed by atoms with Crippen molar-refractivity contribution in [3.8, 4) is 0 Å². The summed E-state index contributed by atoms with van der Waals surface area (Å²) < 4.78 is 6.49. The Labute approximate surface area is 116 Å². The first kappa shape index (κ1) is 13.4. The highest BCUT2D eigenvalue weighted by molar-refractivity contribution is 9.10. The molecule has 3 N–H and O–H groups in total. The van der Waals surface area contributed by atoms with Crippen molar-refractivity contribution in [3.05, 3.63) is 28.2 Å². The number of nitrogens with zero attached hydrogens (tertiary/aromatic N) is 1. The summed E-state index contributed by atoms with van der Waals surface area (Å²) in [5, 5.41) is 7.74. The molecule has 1 aliphatic rings. The number of hydrogen-bond donors (Lipinski definition) is 2. The molecule has 1 heterocycles. The summed E-state index contributed by atoms with van der Waals surface area (Å²) in [6.45, 7) is 5.70. The molecular weight excluding hydrogens is 294 g/mol. The van der Waals surface area contributed by atoms with E-state index in [0.29, 0.717) is 6.61 Å². The number of morpholine rings is 1. The molecule has 98 valence electrons. The van der Waals surface area contributed by atoms with Gasteiger partial charge in [0.05, 0.1) is 18.3 Å². The summed E-state index contributed by atoms with van der Waals surface area (Å²) in [6.07, 6.45) is 0.194. The van der Waals surface area contributed by atoms with E-state index in [4.69, 9.17) is 15.9 Å². The van der Waals surface area contributed by atoms with Crippen LogP contribution in [-0.4, -0.2) is 31.1 Å². The molecule has 1 fully saturated rings. The molecule has 0 aliphatic carbocycles. The van der Waals surface area contributed by atoms with E-state index in [1.807, 2.05) is 18.2 Å². The highest BCUT2D eigenvalue weighted by atomic mass is 79.9. The Morgan fingerprint density at radius 3 is 2.89 bits per heavy atom. The number of benzene rings is 1. The molecule has 4 nitrogen and oxygen atoms in total. The van der Waals surface area contributed by atoms with Gasteiger partial charge in [0.15, 0.2) is 0 Å². The van der Waals surface area contributed by atoms with Gasteiger partial charge in [-0.3, -0.25) is 5.41 Å². The van der Waals surface area contributed by atoms with Gasteiger partial charge in [-0.15, -0.1) is 0 Å². The Hall–Kier alpha value is -1.07. The van der Waals surface area contributed by atoms with Crippen LogP contribution in [0.4, 0.5) is 5.69 Å². The first-order valence-electron chi connectivity index (χ1n) is 6.02. The van der Waals surface area contributed by atoms with Gasteiger partial charge in [0.1, 0.15) is 5.84 Å². The second-order valence-corrected chi connectivity index (χ2v) is 5.55. The van der Waals surface area contributed by atoms with Crippen molar-refractivity contribution in [2.75, 3.05) is 18.1 Å². The van der Waals surface area contributed by atoms with E-state index in [0.717, 1.165) is 22.3 Å². The van der Waals surface area contributed by atoms with Crippen LogP contribution < -0.4 is 10.6 Å². The summed E-state index contributed by atoms with van der Waals surface area (Å²) >= 11 is 3.47. The molecule has 2 rings (SSSR count). The van der Waals surface area contributed by atoms with Crippen molar-refractivity contribution in [3.63, 3.8) is 0 Å². The molecule has 0 amide bonds. The Morgan fingerprint density at radius 1 is 1.50 bits per heavy atom. The van der Waals surface area contributed by atoms with E-state index in [2.05, 4.69) is 34.7 Å². The third-order valence-electron chi connectivity index (χ3n) is 3.18. The maximum Gasteiger partial charge on any atom is 0.126 e. The molecule has 0 spiro atoms. The number of nitrogen functional groups attached to an aromatic ring is 1. The zero-order valence-corrected chi connectivity index (χ0v) is 12.2. The van der Waals surface area contributed by atoms with Gasteiger partial charge in [-0.1, -0.05) is 6.07 Å². The lowest BCUT2D eigenvalue weighted by atomic mass is 10.1. The molecule has 0 bridgehead atoms. The number of nitrogens with one attached hydrogen (secondary N) is 1. The summed E-state index contributed by atoms with van der Waals surface area (Å²) in [7, 11) is 0. The average Bonchev–Trinajstić information content (AvgIpc) is 2.31. The maximum atomic E-state index is 7.74. The van der Waals surface area contributed by atoms with Gasteiger partial charge < -0.3 is 15.4 Å². The number of anilines is 1. The molecule has 0 radical (unpaired) electrons. The fourth-order valence-electron chi connectivity index (χ4n) is 2.26. The second kappa shape index (κ2) is 5.28. The van der Waals surface area contributed by atoms with Crippen molar-refractivity contribution >= 4 is 27.5 Å². The zero-order chi connectivity index (χ0) is 13.3. The molecule has 2 atom stereocenters. The third kappa shape index (κ3) is 2.52. The van der Waals surface area contributed by atoms with Crippen LogP contribution >= 0.6 is 15.9 Å². The molecular formula is C13H18BrN3O. The van der Waals surface area contributed by atoms with Crippen LogP contribution in [0.25, 0.3) is 0 Å². The van der Waals surface area contributed by atoms with Gasteiger partial charge in [-0.25, -0.2) is 0 Å². The molecule has 0 saturated carbocycles. The molecule has 0 aromatic heterocycles. The van der Waals surface area contributed by atoms with Crippen LogP contribution in [0.2, 0.25) is 0 Å². The van der Waals surface area contributed by atoms with Crippen LogP contribution in [0.5, 0.6) is 0 Å². The minimum atomic E-state index is 0.0869. The number of amidine groups is 1. The topological polar surface area (TPSA) is 62.3 Å². The standard InChI is InChI=1S/C13H18BrN3O/c1-8-7-18-9(2)6-17(8)11-5-3-4-10(14)12(11)13(15)16/h3-5,8-9H,6-7H2,1-2H3,(H3,15,16). The molecule has 1 aromatic carbocycles. The van der Waals surface area contributed by atoms with E-state index >= 15 is 0 Å². The molecule has 2 unspecified atom stereocenters. The first-order valence-corrected chi connectivity index (χ1v) is 6.81. The summed E-state index contributed by atoms with van der Waals surface area (Å²) in [6, 6.07) is 6.18. The van der Waals surface area contributed by atoms with E-state index in [1.54, 1.807) is 0 Å². The molecule has 1 aromatic rings. The SMILES string of the molecule is CC1CN(c2cccc(Br)c2C(=N)N)C(C)CO1. The number of rotatable bonds is 2. The lowest BCUT2D eigenvalue weighted by Gasteiger charge is -2.39. The smallest absolute Gasteiger partial charge is 0.126 e. The normalized spacial score (nSPS) is 24.1. The van der Waals surface area contributed by atoms with Gasteiger partial charge in [-0.05, 0) is 41.9 Å². The number of hydrogen-bond acceptors (Lipinski definition) is 3.